The van der Waals surface area contributed by atoms with E-state index in [2.05, 4.69) is 0 Å². The van der Waals surface area contributed by atoms with Gasteiger partial charge >= 0.3 is 0 Å². The van der Waals surface area contributed by atoms with E-state index in [1.54, 1.807) is 13.8 Å². The minimum atomic E-state index is -1.19. The predicted molar refractivity (Wildman–Crippen MR) is 63.7 cm³/mol. The third-order valence-corrected chi connectivity index (χ3v) is 4.88. The highest BCUT2D eigenvalue weighted by molar-refractivity contribution is 5.87. The molecule has 0 aromatic carbocycles. The Labute approximate surface area is 106 Å². The molecule has 4 N–H and O–H groups in total. The van der Waals surface area contributed by atoms with Crippen LogP contribution in [0.3, 0.4) is 0 Å². The smallest absolute Gasteiger partial charge is 0.189 e. The standard InChI is InChI=1S/C13H22O5/c1-12(2)9(16)5-13(6-10(12)17)3-7(14)11(18)8(15)4-13/h7-10,14-17H,3-6H2,1-2H3. The van der Waals surface area contributed by atoms with Gasteiger partial charge < -0.3 is 20.4 Å². The van der Waals surface area contributed by atoms with Crippen molar-refractivity contribution in [2.45, 2.75) is 63.9 Å². The average molecular weight is 258 g/mol. The van der Waals surface area contributed by atoms with Crippen LogP contribution in [0.25, 0.3) is 0 Å². The molecule has 1 spiro atoms. The Morgan fingerprint density at radius 3 is 1.67 bits per heavy atom. The molecule has 2 fully saturated rings. The number of hydrogen-bond donors (Lipinski definition) is 4. The van der Waals surface area contributed by atoms with E-state index in [9.17, 15) is 25.2 Å². The van der Waals surface area contributed by atoms with Crippen LogP contribution in [0.5, 0.6) is 0 Å². The maximum Gasteiger partial charge on any atom is 0.189 e. The van der Waals surface area contributed by atoms with Crippen LogP contribution in [0.2, 0.25) is 0 Å². The highest BCUT2D eigenvalue weighted by Gasteiger charge is 2.53. The summed E-state index contributed by atoms with van der Waals surface area (Å²) in [6, 6.07) is 0. The zero-order chi connectivity index (χ0) is 13.7. The molecule has 18 heavy (non-hydrogen) atoms. The molecular formula is C13H22O5. The van der Waals surface area contributed by atoms with Gasteiger partial charge in [0.15, 0.2) is 5.78 Å². The Kier molecular flexibility index (Phi) is 3.30. The van der Waals surface area contributed by atoms with E-state index in [4.69, 9.17) is 0 Å². The van der Waals surface area contributed by atoms with Crippen molar-refractivity contribution in [3.63, 3.8) is 0 Å². The maximum atomic E-state index is 11.4. The predicted octanol–water partition coefficient (Wildman–Crippen LogP) is -0.401. The lowest BCUT2D eigenvalue weighted by atomic mass is 9.56. The molecule has 0 heterocycles. The van der Waals surface area contributed by atoms with E-state index in [-0.39, 0.29) is 12.8 Å². The van der Waals surface area contributed by atoms with Gasteiger partial charge in [0, 0.05) is 5.41 Å². The molecule has 4 atom stereocenters. The zero-order valence-corrected chi connectivity index (χ0v) is 10.8. The molecule has 4 unspecified atom stereocenters. The number of aliphatic hydroxyl groups excluding tert-OH is 4. The van der Waals surface area contributed by atoms with Crippen molar-refractivity contribution in [3.8, 4) is 0 Å². The molecule has 0 aromatic heterocycles. The minimum Gasteiger partial charge on any atom is -0.392 e. The van der Waals surface area contributed by atoms with E-state index in [1.165, 1.54) is 0 Å². The summed E-state index contributed by atoms with van der Waals surface area (Å²) < 4.78 is 0. The first-order valence-corrected chi connectivity index (χ1v) is 6.44. The largest absolute Gasteiger partial charge is 0.392 e. The van der Waals surface area contributed by atoms with Crippen LogP contribution in [0.15, 0.2) is 0 Å². The molecule has 2 saturated carbocycles. The van der Waals surface area contributed by atoms with Gasteiger partial charge in [0.25, 0.3) is 0 Å². The van der Waals surface area contributed by atoms with E-state index < -0.39 is 41.0 Å². The van der Waals surface area contributed by atoms with Crippen LogP contribution in [0, 0.1) is 10.8 Å². The molecule has 5 heteroatoms. The molecule has 0 aromatic rings. The van der Waals surface area contributed by atoms with Crippen LogP contribution in [-0.4, -0.2) is 50.6 Å². The molecule has 0 radical (unpaired) electrons. The second kappa shape index (κ2) is 4.27. The molecule has 2 aliphatic rings. The van der Waals surface area contributed by atoms with Crippen molar-refractivity contribution in [2.24, 2.45) is 10.8 Å². The molecular weight excluding hydrogens is 236 g/mol. The van der Waals surface area contributed by atoms with Crippen molar-refractivity contribution in [2.75, 3.05) is 0 Å². The SMILES string of the molecule is CC1(C)C(O)CC2(CC(O)C(=O)C(O)C2)CC1O. The molecule has 5 nitrogen and oxygen atoms in total. The quantitative estimate of drug-likeness (QED) is 0.474. The third-order valence-electron chi connectivity index (χ3n) is 4.88. The number of carbonyl (C=O) groups excluding carboxylic acids is 1. The van der Waals surface area contributed by atoms with Gasteiger partial charge in [0.05, 0.1) is 12.2 Å². The summed E-state index contributed by atoms with van der Waals surface area (Å²) in [5.74, 6) is -0.547. The monoisotopic (exact) mass is 258 g/mol. The van der Waals surface area contributed by atoms with Crippen LogP contribution in [0.4, 0.5) is 0 Å². The first kappa shape index (κ1) is 13.9. The van der Waals surface area contributed by atoms with Crippen LogP contribution >= 0.6 is 0 Å². The Morgan fingerprint density at radius 1 is 0.889 bits per heavy atom. The van der Waals surface area contributed by atoms with E-state index in [0.29, 0.717) is 12.8 Å². The highest BCUT2D eigenvalue weighted by atomic mass is 16.3. The first-order chi connectivity index (χ1) is 8.18. The second-order valence-corrected chi connectivity index (χ2v) is 6.60. The van der Waals surface area contributed by atoms with Gasteiger partial charge in [-0.3, -0.25) is 4.79 Å². The summed E-state index contributed by atoms with van der Waals surface area (Å²) in [4.78, 5) is 11.4. The van der Waals surface area contributed by atoms with E-state index in [0.717, 1.165) is 0 Å². The van der Waals surface area contributed by atoms with Gasteiger partial charge in [-0.15, -0.1) is 0 Å². The lowest BCUT2D eigenvalue weighted by Gasteiger charge is -2.52. The van der Waals surface area contributed by atoms with Gasteiger partial charge in [0.1, 0.15) is 12.2 Å². The van der Waals surface area contributed by atoms with Gasteiger partial charge in [0.2, 0.25) is 0 Å². The fraction of sp³-hybridized carbons (Fsp3) is 0.923. The fourth-order valence-electron chi connectivity index (χ4n) is 3.31. The van der Waals surface area contributed by atoms with E-state index >= 15 is 0 Å². The number of ketones is 1. The number of aliphatic hydroxyl groups is 4. The molecule has 2 rings (SSSR count). The molecule has 0 saturated heterocycles. The third kappa shape index (κ3) is 2.09. The normalized spacial score (nSPS) is 48.4. The topological polar surface area (TPSA) is 98.0 Å². The lowest BCUT2D eigenvalue weighted by Crippen LogP contribution is -2.56. The van der Waals surface area contributed by atoms with Gasteiger partial charge in [-0.2, -0.15) is 0 Å². The highest BCUT2D eigenvalue weighted by Crippen LogP contribution is 2.51. The molecule has 0 aliphatic heterocycles. The van der Waals surface area contributed by atoms with Gasteiger partial charge in [-0.25, -0.2) is 0 Å². The number of Topliss-reactive ketones (excluding diaryl/α,β-unsaturated/α-hetero) is 1. The van der Waals surface area contributed by atoms with Crippen molar-refractivity contribution in [3.05, 3.63) is 0 Å². The van der Waals surface area contributed by atoms with Crippen molar-refractivity contribution < 1.29 is 25.2 Å². The molecule has 104 valence electrons. The first-order valence-electron chi connectivity index (χ1n) is 6.44. The van der Waals surface area contributed by atoms with Gasteiger partial charge in [-0.05, 0) is 31.1 Å². The molecule has 0 amide bonds. The van der Waals surface area contributed by atoms with Crippen molar-refractivity contribution in [1.82, 2.24) is 0 Å². The van der Waals surface area contributed by atoms with E-state index in [1.807, 2.05) is 0 Å². The Bertz CT molecular complexity index is 321. The average Bonchev–Trinajstić information content (AvgIpc) is 2.23. The Hall–Kier alpha value is -0.490. The van der Waals surface area contributed by atoms with Crippen molar-refractivity contribution in [1.29, 1.82) is 0 Å². The summed E-state index contributed by atoms with van der Waals surface area (Å²) in [7, 11) is 0. The van der Waals surface area contributed by atoms with Crippen molar-refractivity contribution >= 4 is 5.78 Å². The summed E-state index contributed by atoms with van der Waals surface area (Å²) >= 11 is 0. The summed E-state index contributed by atoms with van der Waals surface area (Å²) in [6.45, 7) is 3.60. The number of hydrogen-bond acceptors (Lipinski definition) is 5. The minimum absolute atomic E-state index is 0.215. The van der Waals surface area contributed by atoms with Gasteiger partial charge in [-0.1, -0.05) is 13.8 Å². The van der Waals surface area contributed by atoms with Crippen LogP contribution in [-0.2, 0) is 4.79 Å². The molecule has 0 bridgehead atoms. The lowest BCUT2D eigenvalue weighted by molar-refractivity contribution is -0.168. The maximum absolute atomic E-state index is 11.4. The van der Waals surface area contributed by atoms with Crippen LogP contribution in [0.1, 0.15) is 39.5 Å². The number of rotatable bonds is 0. The number of carbonyl (C=O) groups is 1. The summed E-state index contributed by atoms with van der Waals surface area (Å²) in [5.41, 5.74) is -1.14. The Balaban J connectivity index is 2.21. The zero-order valence-electron chi connectivity index (χ0n) is 10.8. The molecule has 2 aliphatic carbocycles. The summed E-state index contributed by atoms with van der Waals surface area (Å²) in [6.07, 6.45) is -2.54. The van der Waals surface area contributed by atoms with Crippen LogP contribution < -0.4 is 0 Å². The fourth-order valence-corrected chi connectivity index (χ4v) is 3.31. The summed E-state index contributed by atoms with van der Waals surface area (Å²) in [5, 5.41) is 39.7. The second-order valence-electron chi connectivity index (χ2n) is 6.60. The Morgan fingerprint density at radius 2 is 1.28 bits per heavy atom.